The molecule has 0 N–H and O–H groups in total. The lowest BCUT2D eigenvalue weighted by Crippen LogP contribution is -2.00. The third-order valence-corrected chi connectivity index (χ3v) is 3.52. The van der Waals surface area contributed by atoms with E-state index in [-0.39, 0.29) is 0 Å². The van der Waals surface area contributed by atoms with Gasteiger partial charge in [0, 0.05) is 18.3 Å². The first-order chi connectivity index (χ1) is 8.74. The highest BCUT2D eigenvalue weighted by atomic mass is 14.9. The average molecular weight is 235 g/mol. The number of aromatic nitrogens is 1. The molecule has 0 spiro atoms. The topological polar surface area (TPSA) is 4.93 Å². The molecule has 1 heterocycles. The monoisotopic (exact) mass is 235 g/mol. The van der Waals surface area contributed by atoms with E-state index in [2.05, 4.69) is 73.1 Å². The van der Waals surface area contributed by atoms with E-state index in [9.17, 15) is 0 Å². The molecule has 3 aromatic rings. The third-order valence-electron chi connectivity index (χ3n) is 3.52. The summed E-state index contributed by atoms with van der Waals surface area (Å²) >= 11 is 0. The van der Waals surface area contributed by atoms with Gasteiger partial charge in [0.15, 0.2) is 0 Å². The van der Waals surface area contributed by atoms with Gasteiger partial charge in [-0.25, -0.2) is 0 Å². The maximum Gasteiger partial charge on any atom is 0.0483 e. The SMILES string of the molecule is Cc1ccc(Cn2ccc3ccccc32)c(C)c1. The Balaban J connectivity index is 2.01. The predicted octanol–water partition coefficient (Wildman–Crippen LogP) is 4.31. The van der Waals surface area contributed by atoms with Crippen LogP contribution in [0.15, 0.2) is 54.7 Å². The Morgan fingerprint density at radius 2 is 1.78 bits per heavy atom. The molecule has 0 unspecified atom stereocenters. The summed E-state index contributed by atoms with van der Waals surface area (Å²) in [6.45, 7) is 5.27. The smallest absolute Gasteiger partial charge is 0.0483 e. The van der Waals surface area contributed by atoms with Crippen molar-refractivity contribution in [2.24, 2.45) is 0 Å². The second-order valence-electron chi connectivity index (χ2n) is 4.93. The van der Waals surface area contributed by atoms with Crippen molar-refractivity contribution in [1.29, 1.82) is 0 Å². The van der Waals surface area contributed by atoms with Crippen molar-refractivity contribution in [3.05, 3.63) is 71.4 Å². The molecule has 90 valence electrons. The summed E-state index contributed by atoms with van der Waals surface area (Å²) in [5.74, 6) is 0. The number of benzene rings is 2. The number of nitrogens with zero attached hydrogens (tertiary/aromatic N) is 1. The van der Waals surface area contributed by atoms with E-state index in [1.54, 1.807) is 0 Å². The van der Waals surface area contributed by atoms with Gasteiger partial charge in [0.25, 0.3) is 0 Å². The lowest BCUT2D eigenvalue weighted by atomic mass is 10.1. The number of para-hydroxylation sites is 1. The van der Waals surface area contributed by atoms with Crippen LogP contribution in [0.25, 0.3) is 10.9 Å². The van der Waals surface area contributed by atoms with Gasteiger partial charge in [-0.3, -0.25) is 0 Å². The molecule has 0 saturated heterocycles. The van der Waals surface area contributed by atoms with E-state index in [1.807, 2.05) is 0 Å². The van der Waals surface area contributed by atoms with E-state index in [1.165, 1.54) is 27.6 Å². The van der Waals surface area contributed by atoms with Crippen molar-refractivity contribution in [1.82, 2.24) is 4.57 Å². The van der Waals surface area contributed by atoms with Gasteiger partial charge in [-0.05, 0) is 42.5 Å². The Morgan fingerprint density at radius 3 is 2.61 bits per heavy atom. The molecule has 0 radical (unpaired) electrons. The van der Waals surface area contributed by atoms with Crippen molar-refractivity contribution >= 4 is 10.9 Å². The van der Waals surface area contributed by atoms with Crippen molar-refractivity contribution < 1.29 is 0 Å². The maximum atomic E-state index is 2.31. The van der Waals surface area contributed by atoms with E-state index in [0.717, 1.165) is 6.54 Å². The highest BCUT2D eigenvalue weighted by molar-refractivity contribution is 5.80. The Labute approximate surface area is 108 Å². The van der Waals surface area contributed by atoms with Crippen LogP contribution in [0.4, 0.5) is 0 Å². The zero-order valence-corrected chi connectivity index (χ0v) is 10.9. The zero-order valence-electron chi connectivity index (χ0n) is 10.9. The van der Waals surface area contributed by atoms with Gasteiger partial charge in [-0.1, -0.05) is 42.0 Å². The molecule has 0 fully saturated rings. The zero-order chi connectivity index (χ0) is 12.5. The fourth-order valence-electron chi connectivity index (χ4n) is 2.49. The van der Waals surface area contributed by atoms with Gasteiger partial charge < -0.3 is 4.57 Å². The van der Waals surface area contributed by atoms with Crippen molar-refractivity contribution in [2.45, 2.75) is 20.4 Å². The summed E-state index contributed by atoms with van der Waals surface area (Å²) in [7, 11) is 0. The van der Waals surface area contributed by atoms with Crippen LogP contribution in [-0.2, 0) is 6.54 Å². The normalized spacial score (nSPS) is 11.0. The molecule has 0 aliphatic rings. The highest BCUT2D eigenvalue weighted by Gasteiger charge is 2.03. The number of rotatable bonds is 2. The number of aryl methyl sites for hydroxylation is 2. The molecule has 18 heavy (non-hydrogen) atoms. The maximum absolute atomic E-state index is 2.31. The molecule has 0 saturated carbocycles. The summed E-state index contributed by atoms with van der Waals surface area (Å²) in [5.41, 5.74) is 5.39. The second-order valence-corrected chi connectivity index (χ2v) is 4.93. The van der Waals surface area contributed by atoms with Crippen LogP contribution >= 0.6 is 0 Å². The van der Waals surface area contributed by atoms with Crippen LogP contribution in [0.2, 0.25) is 0 Å². The standard InChI is InChI=1S/C17H17N/c1-13-7-8-16(14(2)11-13)12-18-10-9-15-5-3-4-6-17(15)18/h3-11H,12H2,1-2H3. The molecule has 0 aliphatic heterocycles. The highest BCUT2D eigenvalue weighted by Crippen LogP contribution is 2.18. The molecule has 1 nitrogen and oxygen atoms in total. The quantitative estimate of drug-likeness (QED) is 0.624. The first-order valence-electron chi connectivity index (χ1n) is 6.34. The van der Waals surface area contributed by atoms with Gasteiger partial charge in [0.1, 0.15) is 0 Å². The number of hydrogen-bond acceptors (Lipinski definition) is 0. The van der Waals surface area contributed by atoms with Crippen LogP contribution < -0.4 is 0 Å². The fourth-order valence-corrected chi connectivity index (χ4v) is 2.49. The van der Waals surface area contributed by atoms with E-state index in [4.69, 9.17) is 0 Å². The summed E-state index contributed by atoms with van der Waals surface area (Å²) in [4.78, 5) is 0. The second kappa shape index (κ2) is 4.34. The lowest BCUT2D eigenvalue weighted by molar-refractivity contribution is 0.830. The molecule has 0 aliphatic carbocycles. The molecule has 0 amide bonds. The minimum absolute atomic E-state index is 0.944. The molecule has 0 atom stereocenters. The molecular weight excluding hydrogens is 218 g/mol. The summed E-state index contributed by atoms with van der Waals surface area (Å²) < 4.78 is 2.31. The number of hydrogen-bond donors (Lipinski definition) is 0. The average Bonchev–Trinajstić information content (AvgIpc) is 2.76. The first kappa shape index (κ1) is 11.1. The van der Waals surface area contributed by atoms with Gasteiger partial charge in [0.2, 0.25) is 0 Å². The largest absolute Gasteiger partial charge is 0.343 e. The molecule has 3 rings (SSSR count). The fraction of sp³-hybridized carbons (Fsp3) is 0.176. The van der Waals surface area contributed by atoms with Crippen LogP contribution in [-0.4, -0.2) is 4.57 Å². The van der Waals surface area contributed by atoms with Crippen LogP contribution in [0, 0.1) is 13.8 Å². The van der Waals surface area contributed by atoms with Crippen molar-refractivity contribution in [2.75, 3.05) is 0 Å². The minimum atomic E-state index is 0.944. The third kappa shape index (κ3) is 1.92. The first-order valence-corrected chi connectivity index (χ1v) is 6.34. The molecular formula is C17H17N. The summed E-state index contributed by atoms with van der Waals surface area (Å²) in [5, 5.41) is 1.31. The van der Waals surface area contributed by atoms with E-state index in [0.29, 0.717) is 0 Å². The van der Waals surface area contributed by atoms with Crippen LogP contribution in [0.3, 0.4) is 0 Å². The van der Waals surface area contributed by atoms with Crippen molar-refractivity contribution in [3.63, 3.8) is 0 Å². The van der Waals surface area contributed by atoms with E-state index < -0.39 is 0 Å². The lowest BCUT2D eigenvalue weighted by Gasteiger charge is -2.09. The Morgan fingerprint density at radius 1 is 0.944 bits per heavy atom. The summed E-state index contributed by atoms with van der Waals surface area (Å²) in [6, 6.07) is 17.4. The van der Waals surface area contributed by atoms with Gasteiger partial charge >= 0.3 is 0 Å². The Bertz CT molecular complexity index is 692. The van der Waals surface area contributed by atoms with Gasteiger partial charge in [-0.2, -0.15) is 0 Å². The number of fused-ring (bicyclic) bond motifs is 1. The predicted molar refractivity (Wildman–Crippen MR) is 77.0 cm³/mol. The van der Waals surface area contributed by atoms with Gasteiger partial charge in [-0.15, -0.1) is 0 Å². The van der Waals surface area contributed by atoms with Crippen LogP contribution in [0.5, 0.6) is 0 Å². The van der Waals surface area contributed by atoms with Gasteiger partial charge in [0.05, 0.1) is 0 Å². The minimum Gasteiger partial charge on any atom is -0.343 e. The van der Waals surface area contributed by atoms with Crippen LogP contribution in [0.1, 0.15) is 16.7 Å². The molecule has 1 aromatic heterocycles. The molecule has 0 bridgehead atoms. The van der Waals surface area contributed by atoms with E-state index >= 15 is 0 Å². The van der Waals surface area contributed by atoms with Crippen molar-refractivity contribution in [3.8, 4) is 0 Å². The molecule has 2 aromatic carbocycles. The molecule has 1 heteroatoms. The Kier molecular flexibility index (Phi) is 2.67. The Hall–Kier alpha value is -2.02. The summed E-state index contributed by atoms with van der Waals surface area (Å²) in [6.07, 6.45) is 2.17.